The first kappa shape index (κ1) is 17.6. The van der Waals surface area contributed by atoms with Gasteiger partial charge in [-0.2, -0.15) is 5.10 Å². The van der Waals surface area contributed by atoms with Gasteiger partial charge in [0, 0.05) is 30.2 Å². The van der Waals surface area contributed by atoms with Gasteiger partial charge < -0.3 is 5.32 Å². The number of imidazole rings is 1. The minimum atomic E-state index is -0.0881. The second-order valence-corrected chi connectivity index (χ2v) is 6.94. The number of carbonyl (C=O) groups excluding carboxylic acids is 1. The highest BCUT2D eigenvalue weighted by atomic mass is 35.5. The zero-order valence-electron chi connectivity index (χ0n) is 14.2. The van der Waals surface area contributed by atoms with Crippen LogP contribution in [0.1, 0.15) is 11.4 Å². The molecule has 0 fully saturated rings. The number of anilines is 1. The number of amides is 1. The molecule has 25 heavy (non-hydrogen) atoms. The Morgan fingerprint density at radius 3 is 2.64 bits per heavy atom. The molecule has 0 aliphatic carbocycles. The minimum Gasteiger partial charge on any atom is -0.322 e. The first-order valence-corrected chi connectivity index (χ1v) is 9.04. The average molecular weight is 376 g/mol. The van der Waals surface area contributed by atoms with Crippen LogP contribution in [0.4, 0.5) is 5.69 Å². The number of nitrogens with zero attached hydrogens (tertiary/aromatic N) is 4. The molecular formula is C17H18ClN5OS. The number of rotatable bonds is 5. The average Bonchev–Trinajstić information content (AvgIpc) is 3.14. The predicted molar refractivity (Wildman–Crippen MR) is 101 cm³/mol. The third-order valence-electron chi connectivity index (χ3n) is 3.82. The first-order chi connectivity index (χ1) is 12.0. The summed E-state index contributed by atoms with van der Waals surface area (Å²) in [5.74, 6) is 0.174. The molecule has 3 aromatic rings. The Kier molecular flexibility index (Phi) is 5.15. The van der Waals surface area contributed by atoms with E-state index in [1.807, 2.05) is 55.9 Å². The van der Waals surface area contributed by atoms with Crippen molar-refractivity contribution in [3.05, 3.63) is 53.1 Å². The summed E-state index contributed by atoms with van der Waals surface area (Å²) in [5, 5.41) is 8.66. The van der Waals surface area contributed by atoms with Crippen LogP contribution in [0.2, 0.25) is 5.02 Å². The molecule has 3 rings (SSSR count). The molecule has 0 atom stereocenters. The largest absolute Gasteiger partial charge is 0.322 e. The summed E-state index contributed by atoms with van der Waals surface area (Å²) < 4.78 is 3.68. The Hall–Kier alpha value is -2.25. The first-order valence-electron chi connectivity index (χ1n) is 7.68. The fourth-order valence-electron chi connectivity index (χ4n) is 2.45. The van der Waals surface area contributed by atoms with E-state index in [0.29, 0.717) is 5.02 Å². The quantitative estimate of drug-likeness (QED) is 0.692. The minimum absolute atomic E-state index is 0.0881. The molecular weight excluding hydrogens is 358 g/mol. The third-order valence-corrected chi connectivity index (χ3v) is 5.04. The zero-order chi connectivity index (χ0) is 18.0. The van der Waals surface area contributed by atoms with Crippen molar-refractivity contribution in [1.29, 1.82) is 0 Å². The standard InChI is InChI=1S/C17H18ClN5OS/c1-11-16(12(2)22(3)21-11)20-15(24)10-25-17-19-8-9-23(17)14-6-4-13(18)5-7-14/h4-9H,10H2,1-3H3,(H,20,24). The summed E-state index contributed by atoms with van der Waals surface area (Å²) in [6.07, 6.45) is 3.57. The number of hydrogen-bond donors (Lipinski definition) is 1. The van der Waals surface area contributed by atoms with Crippen molar-refractivity contribution in [2.75, 3.05) is 11.1 Å². The van der Waals surface area contributed by atoms with Gasteiger partial charge in [-0.15, -0.1) is 0 Å². The van der Waals surface area contributed by atoms with Gasteiger partial charge in [-0.25, -0.2) is 4.98 Å². The Morgan fingerprint density at radius 1 is 1.28 bits per heavy atom. The van der Waals surface area contributed by atoms with E-state index in [-0.39, 0.29) is 11.7 Å². The summed E-state index contributed by atoms with van der Waals surface area (Å²) in [4.78, 5) is 16.6. The van der Waals surface area contributed by atoms with E-state index < -0.39 is 0 Å². The summed E-state index contributed by atoms with van der Waals surface area (Å²) >= 11 is 7.31. The van der Waals surface area contributed by atoms with E-state index in [1.165, 1.54) is 11.8 Å². The molecule has 2 heterocycles. The molecule has 1 N–H and O–H groups in total. The van der Waals surface area contributed by atoms with Gasteiger partial charge in [0.05, 0.1) is 22.8 Å². The second kappa shape index (κ2) is 7.33. The number of nitrogens with one attached hydrogen (secondary N) is 1. The molecule has 0 radical (unpaired) electrons. The molecule has 0 aliphatic heterocycles. The summed E-state index contributed by atoms with van der Waals surface area (Å²) in [6, 6.07) is 7.48. The topological polar surface area (TPSA) is 64.7 Å². The highest BCUT2D eigenvalue weighted by molar-refractivity contribution is 7.99. The second-order valence-electron chi connectivity index (χ2n) is 5.56. The number of thioether (sulfide) groups is 1. The van der Waals surface area contributed by atoms with Crippen LogP contribution >= 0.6 is 23.4 Å². The molecule has 130 valence electrons. The van der Waals surface area contributed by atoms with Gasteiger partial charge in [0.25, 0.3) is 0 Å². The van der Waals surface area contributed by atoms with Crippen molar-refractivity contribution >= 4 is 35.0 Å². The van der Waals surface area contributed by atoms with Crippen LogP contribution in [0, 0.1) is 13.8 Å². The number of carbonyl (C=O) groups is 1. The van der Waals surface area contributed by atoms with E-state index in [9.17, 15) is 4.79 Å². The van der Waals surface area contributed by atoms with Crippen molar-refractivity contribution < 1.29 is 4.79 Å². The molecule has 0 bridgehead atoms. The van der Waals surface area contributed by atoms with Gasteiger partial charge in [-0.05, 0) is 38.1 Å². The SMILES string of the molecule is Cc1nn(C)c(C)c1NC(=O)CSc1nccn1-c1ccc(Cl)cc1. The van der Waals surface area contributed by atoms with Gasteiger partial charge in [0.1, 0.15) is 0 Å². The highest BCUT2D eigenvalue weighted by Crippen LogP contribution is 2.23. The maximum absolute atomic E-state index is 12.3. The van der Waals surface area contributed by atoms with E-state index in [4.69, 9.17) is 11.6 Å². The van der Waals surface area contributed by atoms with Crippen molar-refractivity contribution in [3.8, 4) is 5.69 Å². The van der Waals surface area contributed by atoms with E-state index in [2.05, 4.69) is 15.4 Å². The monoisotopic (exact) mass is 375 g/mol. The van der Waals surface area contributed by atoms with Gasteiger partial charge >= 0.3 is 0 Å². The maximum atomic E-state index is 12.3. The fourth-order valence-corrected chi connectivity index (χ4v) is 3.35. The molecule has 0 spiro atoms. The van der Waals surface area contributed by atoms with Crippen molar-refractivity contribution in [1.82, 2.24) is 19.3 Å². The van der Waals surface area contributed by atoms with Crippen LogP contribution in [0.25, 0.3) is 5.69 Å². The molecule has 0 aliphatic rings. The normalized spacial score (nSPS) is 10.9. The van der Waals surface area contributed by atoms with Crippen molar-refractivity contribution in [3.63, 3.8) is 0 Å². The lowest BCUT2D eigenvalue weighted by Crippen LogP contribution is -2.15. The lowest BCUT2D eigenvalue weighted by atomic mass is 10.3. The Morgan fingerprint density at radius 2 is 2.00 bits per heavy atom. The molecule has 0 saturated heterocycles. The molecule has 2 aromatic heterocycles. The number of aromatic nitrogens is 4. The molecule has 1 aromatic carbocycles. The molecule has 0 saturated carbocycles. The summed E-state index contributed by atoms with van der Waals surface area (Å²) in [7, 11) is 1.86. The van der Waals surface area contributed by atoms with Gasteiger partial charge in [-0.3, -0.25) is 14.0 Å². The number of halogens is 1. The van der Waals surface area contributed by atoms with Crippen molar-refractivity contribution in [2.24, 2.45) is 7.05 Å². The van der Waals surface area contributed by atoms with Gasteiger partial charge in [0.15, 0.2) is 5.16 Å². The number of hydrogen-bond acceptors (Lipinski definition) is 4. The van der Waals surface area contributed by atoms with Crippen LogP contribution < -0.4 is 5.32 Å². The summed E-state index contributed by atoms with van der Waals surface area (Å²) in [5.41, 5.74) is 3.46. The Balaban J connectivity index is 1.67. The van der Waals surface area contributed by atoms with Gasteiger partial charge in [0.2, 0.25) is 5.91 Å². The van der Waals surface area contributed by atoms with Crippen LogP contribution in [0.3, 0.4) is 0 Å². The molecule has 8 heteroatoms. The predicted octanol–water partition coefficient (Wildman–Crippen LogP) is 3.61. The third kappa shape index (κ3) is 3.88. The van der Waals surface area contributed by atoms with Crippen LogP contribution in [-0.4, -0.2) is 31.0 Å². The lowest BCUT2D eigenvalue weighted by molar-refractivity contribution is -0.113. The van der Waals surface area contributed by atoms with Crippen molar-refractivity contribution in [2.45, 2.75) is 19.0 Å². The Bertz CT molecular complexity index is 900. The molecule has 6 nitrogen and oxygen atoms in total. The lowest BCUT2D eigenvalue weighted by Gasteiger charge is -2.08. The zero-order valence-corrected chi connectivity index (χ0v) is 15.7. The number of benzene rings is 1. The highest BCUT2D eigenvalue weighted by Gasteiger charge is 2.14. The van der Waals surface area contributed by atoms with Gasteiger partial charge in [-0.1, -0.05) is 23.4 Å². The van der Waals surface area contributed by atoms with Crippen LogP contribution in [0.15, 0.2) is 41.8 Å². The number of aryl methyl sites for hydroxylation is 2. The Labute approximate surface area is 155 Å². The van der Waals surface area contributed by atoms with E-state index in [1.54, 1.807) is 10.9 Å². The molecule has 1 amide bonds. The fraction of sp³-hybridized carbons (Fsp3) is 0.235. The smallest absolute Gasteiger partial charge is 0.234 e. The van der Waals surface area contributed by atoms with E-state index in [0.717, 1.165) is 27.9 Å². The van der Waals surface area contributed by atoms with Crippen LogP contribution in [-0.2, 0) is 11.8 Å². The summed E-state index contributed by atoms with van der Waals surface area (Å²) in [6.45, 7) is 3.80. The van der Waals surface area contributed by atoms with E-state index >= 15 is 0 Å². The molecule has 0 unspecified atom stereocenters. The van der Waals surface area contributed by atoms with Crippen LogP contribution in [0.5, 0.6) is 0 Å². The maximum Gasteiger partial charge on any atom is 0.234 e.